The number of carbonyl (C=O) groups excluding carboxylic acids is 1. The minimum absolute atomic E-state index is 0.0972. The molecule has 1 aromatic rings. The molecule has 2 rings (SSSR count). The van der Waals surface area contributed by atoms with Gasteiger partial charge in [0.25, 0.3) is 0 Å². The van der Waals surface area contributed by atoms with Gasteiger partial charge in [-0.2, -0.15) is 4.31 Å². The van der Waals surface area contributed by atoms with Gasteiger partial charge in [-0.3, -0.25) is 4.79 Å². The third-order valence-corrected chi connectivity index (χ3v) is 5.68. The highest BCUT2D eigenvalue weighted by Crippen LogP contribution is 2.25. The third kappa shape index (κ3) is 2.86. The van der Waals surface area contributed by atoms with Crippen LogP contribution in [0.15, 0.2) is 17.0 Å². The lowest BCUT2D eigenvalue weighted by atomic mass is 10.1. The predicted octanol–water partition coefficient (Wildman–Crippen LogP) is 1.12. The van der Waals surface area contributed by atoms with Crippen LogP contribution >= 0.6 is 0 Å². The normalized spacial score (nSPS) is 17.6. The summed E-state index contributed by atoms with van der Waals surface area (Å²) in [6.07, 6.45) is 0.211. The molecule has 1 aliphatic rings. The molecule has 0 atom stereocenters. The van der Waals surface area contributed by atoms with Crippen LogP contribution in [0.1, 0.15) is 23.1 Å². The molecule has 0 unspecified atom stereocenters. The number of nitrogens with one attached hydrogen (secondary N) is 1. The largest absolute Gasteiger partial charge is 0.355 e. The number of sulfonamides is 1. The lowest BCUT2D eigenvalue weighted by Gasteiger charge is -2.22. The number of hydrogen-bond donors (Lipinski definition) is 1. The van der Waals surface area contributed by atoms with Crippen LogP contribution < -0.4 is 5.32 Å². The first-order valence-corrected chi connectivity index (χ1v) is 8.11. The SMILES string of the molecule is Cc1cc(C)c(S(=O)(=O)N2CCNC(=O)CC2)c(C)c1. The van der Waals surface area contributed by atoms with E-state index in [0.717, 1.165) is 16.7 Å². The highest BCUT2D eigenvalue weighted by atomic mass is 32.2. The summed E-state index contributed by atoms with van der Waals surface area (Å²) < 4.78 is 27.0. The van der Waals surface area contributed by atoms with E-state index in [1.807, 2.05) is 32.9 Å². The second kappa shape index (κ2) is 5.54. The molecule has 110 valence electrons. The summed E-state index contributed by atoms with van der Waals surface area (Å²) in [6.45, 7) is 6.50. The summed E-state index contributed by atoms with van der Waals surface area (Å²) in [5.41, 5.74) is 2.56. The molecule has 1 amide bonds. The highest BCUT2D eigenvalue weighted by Gasteiger charge is 2.29. The van der Waals surface area contributed by atoms with E-state index < -0.39 is 10.0 Å². The summed E-state index contributed by atoms with van der Waals surface area (Å²) in [5, 5.41) is 2.69. The van der Waals surface area contributed by atoms with Gasteiger partial charge in [-0.15, -0.1) is 0 Å². The van der Waals surface area contributed by atoms with Crippen molar-refractivity contribution in [3.63, 3.8) is 0 Å². The molecule has 1 saturated heterocycles. The fourth-order valence-electron chi connectivity index (χ4n) is 2.69. The number of nitrogens with zero attached hydrogens (tertiary/aromatic N) is 1. The molecule has 0 radical (unpaired) electrons. The van der Waals surface area contributed by atoms with Gasteiger partial charge in [0.2, 0.25) is 15.9 Å². The van der Waals surface area contributed by atoms with Crippen LogP contribution in [-0.4, -0.2) is 38.3 Å². The van der Waals surface area contributed by atoms with Gasteiger partial charge in [0.1, 0.15) is 0 Å². The average molecular weight is 296 g/mol. The van der Waals surface area contributed by atoms with Crippen LogP contribution in [0.3, 0.4) is 0 Å². The van der Waals surface area contributed by atoms with E-state index in [2.05, 4.69) is 5.32 Å². The second-order valence-corrected chi connectivity index (χ2v) is 7.11. The molecular weight excluding hydrogens is 276 g/mol. The molecule has 5 nitrogen and oxygen atoms in total. The van der Waals surface area contributed by atoms with Crippen LogP contribution in [0.25, 0.3) is 0 Å². The topological polar surface area (TPSA) is 66.5 Å². The van der Waals surface area contributed by atoms with Crippen molar-refractivity contribution >= 4 is 15.9 Å². The van der Waals surface area contributed by atoms with Crippen LogP contribution in [0.2, 0.25) is 0 Å². The van der Waals surface area contributed by atoms with Gasteiger partial charge in [0, 0.05) is 26.1 Å². The number of rotatable bonds is 2. The molecule has 1 N–H and O–H groups in total. The molecule has 0 saturated carbocycles. The zero-order valence-electron chi connectivity index (χ0n) is 12.1. The van der Waals surface area contributed by atoms with Crippen LogP contribution in [0, 0.1) is 20.8 Å². The van der Waals surface area contributed by atoms with Crippen molar-refractivity contribution < 1.29 is 13.2 Å². The standard InChI is InChI=1S/C14H20N2O3S/c1-10-8-11(2)14(12(3)9-10)20(18,19)16-6-4-13(17)15-5-7-16/h8-9H,4-7H2,1-3H3,(H,15,17). The molecule has 1 heterocycles. The van der Waals surface area contributed by atoms with Crippen molar-refractivity contribution in [3.8, 4) is 0 Å². The number of benzene rings is 1. The monoisotopic (exact) mass is 296 g/mol. The summed E-state index contributed by atoms with van der Waals surface area (Å²) in [4.78, 5) is 11.7. The molecule has 0 aliphatic carbocycles. The number of aryl methyl sites for hydroxylation is 3. The molecule has 0 bridgehead atoms. The van der Waals surface area contributed by atoms with Crippen molar-refractivity contribution in [2.24, 2.45) is 0 Å². The summed E-state index contributed by atoms with van der Waals surface area (Å²) in [7, 11) is -3.55. The van der Waals surface area contributed by atoms with Gasteiger partial charge in [-0.1, -0.05) is 17.7 Å². The van der Waals surface area contributed by atoms with Crippen molar-refractivity contribution in [1.29, 1.82) is 0 Å². The van der Waals surface area contributed by atoms with Crippen molar-refractivity contribution in [1.82, 2.24) is 9.62 Å². The van der Waals surface area contributed by atoms with Crippen molar-refractivity contribution in [2.75, 3.05) is 19.6 Å². The van der Waals surface area contributed by atoms with Crippen molar-refractivity contribution in [3.05, 3.63) is 28.8 Å². The van der Waals surface area contributed by atoms with E-state index in [1.165, 1.54) is 4.31 Å². The Morgan fingerprint density at radius 2 is 1.70 bits per heavy atom. The van der Waals surface area contributed by atoms with Gasteiger partial charge in [0.15, 0.2) is 0 Å². The maximum absolute atomic E-state index is 12.8. The predicted molar refractivity (Wildman–Crippen MR) is 77.0 cm³/mol. The zero-order chi connectivity index (χ0) is 14.9. The smallest absolute Gasteiger partial charge is 0.243 e. The zero-order valence-corrected chi connectivity index (χ0v) is 12.9. The number of hydrogen-bond acceptors (Lipinski definition) is 3. The van der Waals surface area contributed by atoms with E-state index >= 15 is 0 Å². The molecule has 6 heteroatoms. The Hall–Kier alpha value is -1.40. The molecule has 1 fully saturated rings. The van der Waals surface area contributed by atoms with E-state index in [1.54, 1.807) is 0 Å². The lowest BCUT2D eigenvalue weighted by Crippen LogP contribution is -2.35. The van der Waals surface area contributed by atoms with E-state index in [4.69, 9.17) is 0 Å². The van der Waals surface area contributed by atoms with Gasteiger partial charge >= 0.3 is 0 Å². The fraction of sp³-hybridized carbons (Fsp3) is 0.500. The number of amides is 1. The first-order valence-electron chi connectivity index (χ1n) is 6.67. The summed E-state index contributed by atoms with van der Waals surface area (Å²) in [5.74, 6) is -0.0972. The Morgan fingerprint density at radius 1 is 1.10 bits per heavy atom. The first-order chi connectivity index (χ1) is 9.32. The maximum atomic E-state index is 12.8. The summed E-state index contributed by atoms with van der Waals surface area (Å²) >= 11 is 0. The highest BCUT2D eigenvalue weighted by molar-refractivity contribution is 7.89. The van der Waals surface area contributed by atoms with E-state index in [9.17, 15) is 13.2 Å². The Balaban J connectivity index is 2.42. The molecule has 1 aliphatic heterocycles. The molecule has 0 aromatic heterocycles. The Labute approximate surface area is 120 Å². The Kier molecular flexibility index (Phi) is 4.15. The first kappa shape index (κ1) is 15.0. The Morgan fingerprint density at radius 3 is 2.30 bits per heavy atom. The average Bonchev–Trinajstić information content (AvgIpc) is 2.52. The van der Waals surface area contributed by atoms with Gasteiger partial charge < -0.3 is 5.32 Å². The molecule has 1 aromatic carbocycles. The quantitative estimate of drug-likeness (QED) is 0.889. The maximum Gasteiger partial charge on any atom is 0.243 e. The lowest BCUT2D eigenvalue weighted by molar-refractivity contribution is -0.120. The second-order valence-electron chi connectivity index (χ2n) is 5.23. The summed E-state index contributed by atoms with van der Waals surface area (Å²) in [6, 6.07) is 3.75. The molecular formula is C14H20N2O3S. The molecule has 20 heavy (non-hydrogen) atoms. The van der Waals surface area contributed by atoms with Gasteiger partial charge in [0.05, 0.1) is 4.90 Å². The minimum atomic E-state index is -3.55. The number of carbonyl (C=O) groups is 1. The van der Waals surface area contributed by atoms with Gasteiger partial charge in [-0.05, 0) is 31.9 Å². The van der Waals surface area contributed by atoms with E-state index in [-0.39, 0.29) is 18.9 Å². The molecule has 0 spiro atoms. The van der Waals surface area contributed by atoms with Crippen LogP contribution in [0.5, 0.6) is 0 Å². The third-order valence-electron chi connectivity index (χ3n) is 3.47. The van der Waals surface area contributed by atoms with Crippen LogP contribution in [-0.2, 0) is 14.8 Å². The van der Waals surface area contributed by atoms with Crippen LogP contribution in [0.4, 0.5) is 0 Å². The Bertz CT molecular complexity index is 615. The van der Waals surface area contributed by atoms with Gasteiger partial charge in [-0.25, -0.2) is 8.42 Å². The fourth-order valence-corrected chi connectivity index (χ4v) is 4.54. The minimum Gasteiger partial charge on any atom is -0.355 e. The van der Waals surface area contributed by atoms with E-state index in [0.29, 0.717) is 18.0 Å². The van der Waals surface area contributed by atoms with Crippen molar-refractivity contribution in [2.45, 2.75) is 32.1 Å².